The molecule has 0 aromatic heterocycles. The van der Waals surface area contributed by atoms with E-state index >= 15 is 0 Å². The van der Waals surface area contributed by atoms with Crippen molar-refractivity contribution in [3.8, 4) is 0 Å². The summed E-state index contributed by atoms with van der Waals surface area (Å²) in [6, 6.07) is 15.2. The van der Waals surface area contributed by atoms with Crippen molar-refractivity contribution in [3.05, 3.63) is 54.6 Å². The van der Waals surface area contributed by atoms with Crippen molar-refractivity contribution in [2.24, 2.45) is 11.7 Å². The van der Waals surface area contributed by atoms with Gasteiger partial charge in [0.15, 0.2) is 0 Å². The summed E-state index contributed by atoms with van der Waals surface area (Å²) in [5.41, 5.74) is 7.73. The number of anilines is 3. The minimum atomic E-state index is -0.557. The van der Waals surface area contributed by atoms with Crippen LogP contribution in [-0.4, -0.2) is 18.0 Å². The molecule has 0 heterocycles. The number of rotatable bonds is 6. The molecule has 0 bridgehead atoms. The van der Waals surface area contributed by atoms with Crippen molar-refractivity contribution in [1.82, 2.24) is 0 Å². The van der Waals surface area contributed by atoms with Gasteiger partial charge in [-0.15, -0.1) is 0 Å². The number of hydrogen-bond donors (Lipinski definition) is 4. The maximum atomic E-state index is 12.1. The van der Waals surface area contributed by atoms with E-state index in [1.807, 2.05) is 32.0 Å². The van der Waals surface area contributed by atoms with Gasteiger partial charge < -0.3 is 21.7 Å². The molecular weight excluding hydrogens is 316 g/mol. The van der Waals surface area contributed by atoms with Gasteiger partial charge in [-0.2, -0.15) is 0 Å². The molecule has 0 aliphatic rings. The molecule has 1 atom stereocenters. The van der Waals surface area contributed by atoms with Gasteiger partial charge in [-0.25, -0.2) is 4.79 Å². The largest absolute Gasteiger partial charge is 0.325 e. The van der Waals surface area contributed by atoms with Gasteiger partial charge in [0.25, 0.3) is 0 Å². The molecule has 6 heteroatoms. The maximum Gasteiger partial charge on any atom is 0.323 e. The van der Waals surface area contributed by atoms with Gasteiger partial charge in [0.2, 0.25) is 5.91 Å². The van der Waals surface area contributed by atoms with Crippen LogP contribution in [0.5, 0.6) is 0 Å². The van der Waals surface area contributed by atoms with E-state index in [2.05, 4.69) is 16.0 Å². The van der Waals surface area contributed by atoms with Crippen LogP contribution in [0.15, 0.2) is 54.6 Å². The second-order valence-electron chi connectivity index (χ2n) is 6.25. The molecule has 0 saturated heterocycles. The van der Waals surface area contributed by atoms with Gasteiger partial charge in [-0.1, -0.05) is 38.1 Å². The number of carbonyl (C=O) groups excluding carboxylic acids is 2. The summed E-state index contributed by atoms with van der Waals surface area (Å²) in [5.74, 6) is 0.107. The van der Waals surface area contributed by atoms with Gasteiger partial charge in [0, 0.05) is 17.1 Å². The molecule has 0 radical (unpaired) electrons. The van der Waals surface area contributed by atoms with Crippen molar-refractivity contribution in [2.75, 3.05) is 16.0 Å². The van der Waals surface area contributed by atoms with E-state index in [-0.39, 0.29) is 11.9 Å². The summed E-state index contributed by atoms with van der Waals surface area (Å²) in [7, 11) is 0. The number of para-hydroxylation sites is 1. The van der Waals surface area contributed by atoms with Crippen LogP contribution >= 0.6 is 0 Å². The topological polar surface area (TPSA) is 96.2 Å². The van der Waals surface area contributed by atoms with Gasteiger partial charge in [-0.05, 0) is 42.7 Å². The molecule has 0 spiro atoms. The Morgan fingerprint density at radius 1 is 0.880 bits per heavy atom. The van der Waals surface area contributed by atoms with E-state index in [1.165, 1.54) is 0 Å². The second-order valence-corrected chi connectivity index (χ2v) is 6.25. The van der Waals surface area contributed by atoms with Gasteiger partial charge in [0.05, 0.1) is 6.04 Å². The number of amides is 3. The Hall–Kier alpha value is -2.86. The molecule has 0 saturated carbocycles. The Bertz CT molecular complexity index is 716. The molecule has 0 fully saturated rings. The van der Waals surface area contributed by atoms with Crippen LogP contribution < -0.4 is 21.7 Å². The molecule has 132 valence electrons. The Morgan fingerprint density at radius 3 is 2.08 bits per heavy atom. The van der Waals surface area contributed by atoms with E-state index in [0.29, 0.717) is 29.4 Å². The zero-order valence-electron chi connectivity index (χ0n) is 14.5. The fraction of sp³-hybridized carbons (Fsp3) is 0.263. The average molecular weight is 340 g/mol. The minimum Gasteiger partial charge on any atom is -0.325 e. The van der Waals surface area contributed by atoms with Crippen molar-refractivity contribution in [2.45, 2.75) is 26.3 Å². The quantitative estimate of drug-likeness (QED) is 0.646. The number of nitrogens with one attached hydrogen (secondary N) is 3. The third-order valence-electron chi connectivity index (χ3n) is 3.48. The van der Waals surface area contributed by atoms with Crippen LogP contribution in [0.2, 0.25) is 0 Å². The molecular formula is C19H24N4O2. The molecule has 25 heavy (non-hydrogen) atoms. The summed E-state index contributed by atoms with van der Waals surface area (Å²) in [6.45, 7) is 4.03. The molecule has 0 unspecified atom stereocenters. The molecule has 2 aromatic rings. The van der Waals surface area contributed by atoms with Crippen molar-refractivity contribution >= 4 is 29.0 Å². The standard InChI is InChI=1S/C19H24N4O2/c1-13(2)11-17(20)18(24)21-15-9-6-10-16(12-15)23-19(25)22-14-7-4-3-5-8-14/h3-10,12-13,17H,11,20H2,1-2H3,(H,21,24)(H2,22,23,25)/t17-/m0/s1. The Kier molecular flexibility index (Phi) is 6.54. The van der Waals surface area contributed by atoms with Crippen LogP contribution in [0, 0.1) is 5.92 Å². The Labute approximate surface area is 147 Å². The van der Waals surface area contributed by atoms with Crippen LogP contribution in [0.1, 0.15) is 20.3 Å². The molecule has 0 aliphatic carbocycles. The smallest absolute Gasteiger partial charge is 0.323 e. The fourth-order valence-corrected chi connectivity index (χ4v) is 2.34. The lowest BCUT2D eigenvalue weighted by Crippen LogP contribution is -2.36. The summed E-state index contributed by atoms with van der Waals surface area (Å²) < 4.78 is 0. The van der Waals surface area contributed by atoms with Crippen molar-refractivity contribution in [1.29, 1.82) is 0 Å². The first-order chi connectivity index (χ1) is 11.9. The fourth-order valence-electron chi connectivity index (χ4n) is 2.34. The SMILES string of the molecule is CC(C)C[C@H](N)C(=O)Nc1cccc(NC(=O)Nc2ccccc2)c1. The van der Waals surface area contributed by atoms with E-state index in [0.717, 1.165) is 0 Å². The highest BCUT2D eigenvalue weighted by Gasteiger charge is 2.15. The first-order valence-corrected chi connectivity index (χ1v) is 8.23. The second kappa shape index (κ2) is 8.84. The van der Waals surface area contributed by atoms with Crippen LogP contribution in [0.4, 0.5) is 21.9 Å². The minimum absolute atomic E-state index is 0.236. The average Bonchev–Trinajstić information content (AvgIpc) is 2.55. The highest BCUT2D eigenvalue weighted by Crippen LogP contribution is 2.16. The van der Waals surface area contributed by atoms with Gasteiger partial charge >= 0.3 is 6.03 Å². The highest BCUT2D eigenvalue weighted by atomic mass is 16.2. The molecule has 5 N–H and O–H groups in total. The van der Waals surface area contributed by atoms with Crippen LogP contribution in [0.3, 0.4) is 0 Å². The lowest BCUT2D eigenvalue weighted by atomic mass is 10.0. The van der Waals surface area contributed by atoms with E-state index < -0.39 is 6.04 Å². The number of hydrogen-bond acceptors (Lipinski definition) is 3. The summed E-state index contributed by atoms with van der Waals surface area (Å²) >= 11 is 0. The van der Waals surface area contributed by atoms with Crippen molar-refractivity contribution < 1.29 is 9.59 Å². The summed E-state index contributed by atoms with van der Waals surface area (Å²) in [5, 5.41) is 8.24. The first kappa shape index (κ1) is 18.5. The number of benzene rings is 2. The monoisotopic (exact) mass is 340 g/mol. The van der Waals surface area contributed by atoms with E-state index in [4.69, 9.17) is 5.73 Å². The Morgan fingerprint density at radius 2 is 1.44 bits per heavy atom. The van der Waals surface area contributed by atoms with Gasteiger partial charge in [0.1, 0.15) is 0 Å². The molecule has 2 aromatic carbocycles. The number of nitrogens with two attached hydrogens (primary N) is 1. The lowest BCUT2D eigenvalue weighted by molar-refractivity contribution is -0.117. The maximum absolute atomic E-state index is 12.1. The molecule has 2 rings (SSSR count). The van der Waals surface area contributed by atoms with Crippen LogP contribution in [0.25, 0.3) is 0 Å². The van der Waals surface area contributed by atoms with Crippen molar-refractivity contribution in [3.63, 3.8) is 0 Å². The van der Waals surface area contributed by atoms with Crippen LogP contribution in [-0.2, 0) is 4.79 Å². The lowest BCUT2D eigenvalue weighted by Gasteiger charge is -2.15. The van der Waals surface area contributed by atoms with E-state index in [9.17, 15) is 9.59 Å². The predicted molar refractivity (Wildman–Crippen MR) is 102 cm³/mol. The molecule has 0 aliphatic heterocycles. The molecule has 3 amide bonds. The zero-order valence-corrected chi connectivity index (χ0v) is 14.5. The number of urea groups is 1. The highest BCUT2D eigenvalue weighted by molar-refractivity contribution is 6.00. The van der Waals surface area contributed by atoms with Gasteiger partial charge in [-0.3, -0.25) is 4.79 Å². The number of carbonyl (C=O) groups is 2. The first-order valence-electron chi connectivity index (χ1n) is 8.23. The third kappa shape index (κ3) is 6.27. The third-order valence-corrected chi connectivity index (χ3v) is 3.48. The van der Waals surface area contributed by atoms with E-state index in [1.54, 1.807) is 36.4 Å². The summed E-state index contributed by atoms with van der Waals surface area (Å²) in [4.78, 5) is 24.1. The predicted octanol–water partition coefficient (Wildman–Crippen LogP) is 3.64. The summed E-state index contributed by atoms with van der Waals surface area (Å²) in [6.07, 6.45) is 0.614. The normalized spacial score (nSPS) is 11.7. The molecule has 6 nitrogen and oxygen atoms in total. The Balaban J connectivity index is 1.94. The zero-order chi connectivity index (χ0) is 18.2.